The first-order valence-corrected chi connectivity index (χ1v) is 9.91. The van der Waals surface area contributed by atoms with Crippen LogP contribution in [0.3, 0.4) is 0 Å². The SMILES string of the molecule is O=C(/C=C/c1ccco1)Nc1ccc(-c2ccc(NC(=O)/C=C/c3ccco3)cc2)cc1. The lowest BCUT2D eigenvalue weighted by Gasteiger charge is -2.07. The van der Waals surface area contributed by atoms with E-state index in [2.05, 4.69) is 10.6 Å². The smallest absolute Gasteiger partial charge is 0.248 e. The highest BCUT2D eigenvalue weighted by Gasteiger charge is 2.03. The van der Waals surface area contributed by atoms with Crippen LogP contribution < -0.4 is 10.6 Å². The van der Waals surface area contributed by atoms with Crippen LogP contribution >= 0.6 is 0 Å². The third-order valence-electron chi connectivity index (χ3n) is 4.52. The van der Waals surface area contributed by atoms with Gasteiger partial charge in [-0.2, -0.15) is 0 Å². The van der Waals surface area contributed by atoms with Gasteiger partial charge in [-0.3, -0.25) is 9.59 Å². The van der Waals surface area contributed by atoms with Crippen molar-refractivity contribution in [1.82, 2.24) is 0 Å². The lowest BCUT2D eigenvalue weighted by molar-refractivity contribution is -0.112. The summed E-state index contributed by atoms with van der Waals surface area (Å²) < 4.78 is 10.3. The molecule has 32 heavy (non-hydrogen) atoms. The van der Waals surface area contributed by atoms with E-state index in [1.807, 2.05) is 48.5 Å². The van der Waals surface area contributed by atoms with E-state index in [1.165, 1.54) is 12.2 Å². The molecule has 0 radical (unpaired) electrons. The van der Waals surface area contributed by atoms with E-state index in [-0.39, 0.29) is 11.8 Å². The number of benzene rings is 2. The second-order valence-electron chi connectivity index (χ2n) is 6.83. The molecule has 0 fully saturated rings. The van der Waals surface area contributed by atoms with Crippen LogP contribution in [0.25, 0.3) is 23.3 Å². The van der Waals surface area contributed by atoms with Crippen LogP contribution in [-0.2, 0) is 9.59 Å². The van der Waals surface area contributed by atoms with Gasteiger partial charge in [0, 0.05) is 23.5 Å². The molecule has 0 aliphatic rings. The Morgan fingerprint density at radius 3 is 1.34 bits per heavy atom. The van der Waals surface area contributed by atoms with Gasteiger partial charge in [-0.15, -0.1) is 0 Å². The van der Waals surface area contributed by atoms with Crippen molar-refractivity contribution in [2.75, 3.05) is 10.6 Å². The number of carbonyl (C=O) groups excluding carboxylic acids is 2. The molecule has 0 aliphatic heterocycles. The van der Waals surface area contributed by atoms with Gasteiger partial charge in [-0.1, -0.05) is 24.3 Å². The predicted molar refractivity (Wildman–Crippen MR) is 125 cm³/mol. The molecular weight excluding hydrogens is 404 g/mol. The van der Waals surface area contributed by atoms with Crippen molar-refractivity contribution in [3.8, 4) is 11.1 Å². The van der Waals surface area contributed by atoms with E-state index >= 15 is 0 Å². The van der Waals surface area contributed by atoms with Gasteiger partial charge in [0.25, 0.3) is 0 Å². The third kappa shape index (κ3) is 5.73. The number of hydrogen-bond acceptors (Lipinski definition) is 4. The Morgan fingerprint density at radius 1 is 0.594 bits per heavy atom. The number of anilines is 2. The minimum atomic E-state index is -0.240. The van der Waals surface area contributed by atoms with E-state index in [9.17, 15) is 9.59 Å². The average Bonchev–Trinajstić information content (AvgIpc) is 3.52. The number of carbonyl (C=O) groups is 2. The molecule has 2 aromatic carbocycles. The average molecular weight is 424 g/mol. The van der Waals surface area contributed by atoms with E-state index in [0.717, 1.165) is 11.1 Å². The Kier molecular flexibility index (Phi) is 6.43. The summed E-state index contributed by atoms with van der Waals surface area (Å²) >= 11 is 0. The molecule has 0 unspecified atom stereocenters. The molecule has 0 saturated carbocycles. The Morgan fingerprint density at radius 2 is 1.00 bits per heavy atom. The summed E-state index contributed by atoms with van der Waals surface area (Å²) in [5, 5.41) is 5.62. The predicted octanol–water partition coefficient (Wildman–Crippen LogP) is 5.84. The third-order valence-corrected chi connectivity index (χ3v) is 4.52. The van der Waals surface area contributed by atoms with Crippen molar-refractivity contribution in [3.05, 3.63) is 109 Å². The molecule has 2 N–H and O–H groups in total. The van der Waals surface area contributed by atoms with Crippen LogP contribution in [0.1, 0.15) is 11.5 Å². The summed E-state index contributed by atoms with van der Waals surface area (Å²) in [6.07, 6.45) is 9.16. The fourth-order valence-electron chi connectivity index (χ4n) is 2.95. The summed E-state index contributed by atoms with van der Waals surface area (Å²) in [4.78, 5) is 24.0. The zero-order valence-electron chi connectivity index (χ0n) is 17.0. The van der Waals surface area contributed by atoms with Crippen LogP contribution in [0.15, 0.2) is 106 Å². The number of furan rings is 2. The van der Waals surface area contributed by atoms with Crippen molar-refractivity contribution >= 4 is 35.3 Å². The minimum absolute atomic E-state index is 0.240. The maximum absolute atomic E-state index is 12.0. The zero-order chi connectivity index (χ0) is 22.2. The van der Waals surface area contributed by atoms with Crippen molar-refractivity contribution in [2.24, 2.45) is 0 Å². The molecule has 0 aliphatic carbocycles. The van der Waals surface area contributed by atoms with Gasteiger partial charge >= 0.3 is 0 Å². The summed E-state index contributed by atoms with van der Waals surface area (Å²) in [5.74, 6) is 0.748. The Balaban J connectivity index is 1.32. The normalized spacial score (nSPS) is 11.1. The molecule has 4 rings (SSSR count). The van der Waals surface area contributed by atoms with Crippen molar-refractivity contribution in [3.63, 3.8) is 0 Å². The number of nitrogens with one attached hydrogen (secondary N) is 2. The molecule has 2 heterocycles. The van der Waals surface area contributed by atoms with E-state index in [4.69, 9.17) is 8.83 Å². The molecule has 0 bridgehead atoms. The largest absolute Gasteiger partial charge is 0.465 e. The van der Waals surface area contributed by atoms with Crippen molar-refractivity contribution in [1.29, 1.82) is 0 Å². The van der Waals surface area contributed by atoms with Gasteiger partial charge in [0.15, 0.2) is 0 Å². The summed E-state index contributed by atoms with van der Waals surface area (Å²) in [5.41, 5.74) is 3.36. The summed E-state index contributed by atoms with van der Waals surface area (Å²) in [7, 11) is 0. The molecule has 0 atom stereocenters. The summed E-state index contributed by atoms with van der Waals surface area (Å²) in [6, 6.07) is 22.1. The lowest BCUT2D eigenvalue weighted by Crippen LogP contribution is -2.07. The molecule has 6 heteroatoms. The fraction of sp³-hybridized carbons (Fsp3) is 0. The molecular formula is C26H20N2O4. The van der Waals surface area contributed by atoms with Gasteiger partial charge in [0.2, 0.25) is 11.8 Å². The monoisotopic (exact) mass is 424 g/mol. The maximum atomic E-state index is 12.0. The van der Waals surface area contributed by atoms with Crippen LogP contribution in [0.4, 0.5) is 11.4 Å². The van der Waals surface area contributed by atoms with E-state index in [1.54, 1.807) is 48.9 Å². The highest BCUT2D eigenvalue weighted by molar-refractivity contribution is 6.02. The van der Waals surface area contributed by atoms with Crippen molar-refractivity contribution < 1.29 is 18.4 Å². The second-order valence-corrected chi connectivity index (χ2v) is 6.83. The van der Waals surface area contributed by atoms with Gasteiger partial charge in [0.05, 0.1) is 12.5 Å². The molecule has 0 saturated heterocycles. The molecule has 158 valence electrons. The standard InChI is InChI=1S/C26H20N2O4/c29-25(15-13-23-3-1-17-31-23)27-21-9-5-19(6-10-21)20-7-11-22(12-8-20)28-26(30)16-14-24-4-2-18-32-24/h1-18H,(H,27,29)(H,28,30)/b15-13+,16-14+. The molecule has 2 amide bonds. The van der Waals surface area contributed by atoms with Gasteiger partial charge in [-0.05, 0) is 71.8 Å². The van der Waals surface area contributed by atoms with E-state index in [0.29, 0.717) is 22.9 Å². The number of amides is 2. The van der Waals surface area contributed by atoms with Crippen LogP contribution in [0.2, 0.25) is 0 Å². The van der Waals surface area contributed by atoms with Gasteiger partial charge in [-0.25, -0.2) is 0 Å². The van der Waals surface area contributed by atoms with Gasteiger partial charge in [0.1, 0.15) is 11.5 Å². The highest BCUT2D eigenvalue weighted by atomic mass is 16.3. The van der Waals surface area contributed by atoms with Crippen LogP contribution in [0, 0.1) is 0 Å². The summed E-state index contributed by atoms with van der Waals surface area (Å²) in [6.45, 7) is 0. The molecule has 0 spiro atoms. The lowest BCUT2D eigenvalue weighted by atomic mass is 10.0. The Hall–Kier alpha value is -4.58. The first kappa shape index (κ1) is 20.7. The zero-order valence-corrected chi connectivity index (χ0v) is 17.0. The topological polar surface area (TPSA) is 84.5 Å². The molecule has 4 aromatic rings. The quantitative estimate of drug-likeness (QED) is 0.365. The van der Waals surface area contributed by atoms with Gasteiger partial charge < -0.3 is 19.5 Å². The molecule has 6 nitrogen and oxygen atoms in total. The fourth-order valence-corrected chi connectivity index (χ4v) is 2.95. The number of rotatable bonds is 7. The van der Waals surface area contributed by atoms with Crippen LogP contribution in [-0.4, -0.2) is 11.8 Å². The first-order chi connectivity index (χ1) is 15.7. The van der Waals surface area contributed by atoms with Crippen LogP contribution in [0.5, 0.6) is 0 Å². The highest BCUT2D eigenvalue weighted by Crippen LogP contribution is 2.23. The van der Waals surface area contributed by atoms with E-state index < -0.39 is 0 Å². The Labute approximate surface area is 184 Å². The molecule has 2 aromatic heterocycles. The Bertz CT molecular complexity index is 1120. The number of hydrogen-bond donors (Lipinski definition) is 2. The van der Waals surface area contributed by atoms with Crippen molar-refractivity contribution in [2.45, 2.75) is 0 Å². The maximum Gasteiger partial charge on any atom is 0.248 e. The second kappa shape index (κ2) is 9.95. The first-order valence-electron chi connectivity index (χ1n) is 9.91. The minimum Gasteiger partial charge on any atom is -0.465 e.